The largest absolute Gasteiger partial charge is 0.326 e. The van der Waals surface area contributed by atoms with E-state index in [0.29, 0.717) is 6.42 Å². The maximum Gasteiger partial charge on any atom is 0.228 e. The number of hydrogen-bond donors (Lipinski definition) is 2. The van der Waals surface area contributed by atoms with Gasteiger partial charge in [0.05, 0.1) is 12.3 Å². The number of amides is 2. The van der Waals surface area contributed by atoms with Crippen LogP contribution in [0.5, 0.6) is 0 Å². The second-order valence-corrected chi connectivity index (χ2v) is 7.15. The van der Waals surface area contributed by atoms with Gasteiger partial charge < -0.3 is 10.6 Å². The van der Waals surface area contributed by atoms with Crippen LogP contribution in [0.25, 0.3) is 0 Å². The molecule has 0 aliphatic carbocycles. The second kappa shape index (κ2) is 7.30. The average Bonchev–Trinajstić information content (AvgIpc) is 3.02. The van der Waals surface area contributed by atoms with Crippen molar-refractivity contribution in [3.05, 3.63) is 59.7 Å². The minimum Gasteiger partial charge on any atom is -0.326 e. The SMILES string of the molecule is O=C1Cc2cc(NC(=O)C3CCCN(Cc4ccccc4)C3)ccc2N1. The fraction of sp³-hybridized carbons (Fsp3) is 0.333. The lowest BCUT2D eigenvalue weighted by molar-refractivity contribution is -0.121. The van der Waals surface area contributed by atoms with Crippen LogP contribution < -0.4 is 10.6 Å². The number of nitrogens with zero attached hydrogens (tertiary/aromatic N) is 1. The van der Waals surface area contributed by atoms with E-state index in [1.165, 1.54) is 5.56 Å². The molecule has 5 nitrogen and oxygen atoms in total. The Hall–Kier alpha value is -2.66. The van der Waals surface area contributed by atoms with Gasteiger partial charge in [-0.15, -0.1) is 0 Å². The summed E-state index contributed by atoms with van der Waals surface area (Å²) in [7, 11) is 0. The van der Waals surface area contributed by atoms with Gasteiger partial charge in [-0.3, -0.25) is 14.5 Å². The molecule has 2 aromatic carbocycles. The Labute approximate surface area is 153 Å². The van der Waals surface area contributed by atoms with Crippen LogP contribution in [0.1, 0.15) is 24.0 Å². The normalized spacial score (nSPS) is 19.7. The number of piperidine rings is 1. The molecule has 0 saturated carbocycles. The van der Waals surface area contributed by atoms with Crippen LogP contribution in [0.15, 0.2) is 48.5 Å². The Morgan fingerprint density at radius 3 is 2.88 bits per heavy atom. The fourth-order valence-corrected chi connectivity index (χ4v) is 3.81. The molecule has 1 unspecified atom stereocenters. The third-order valence-electron chi connectivity index (χ3n) is 5.12. The molecule has 1 fully saturated rings. The van der Waals surface area contributed by atoms with Gasteiger partial charge in [0.25, 0.3) is 0 Å². The molecule has 26 heavy (non-hydrogen) atoms. The Bertz CT molecular complexity index is 819. The third-order valence-corrected chi connectivity index (χ3v) is 5.12. The first kappa shape index (κ1) is 16.8. The number of carbonyl (C=O) groups is 2. The molecule has 2 heterocycles. The number of hydrogen-bond acceptors (Lipinski definition) is 3. The highest BCUT2D eigenvalue weighted by Gasteiger charge is 2.26. The maximum absolute atomic E-state index is 12.7. The second-order valence-electron chi connectivity index (χ2n) is 7.15. The third kappa shape index (κ3) is 3.78. The molecule has 0 radical (unpaired) electrons. The van der Waals surface area contributed by atoms with E-state index in [1.807, 2.05) is 24.3 Å². The molecule has 0 bridgehead atoms. The summed E-state index contributed by atoms with van der Waals surface area (Å²) in [6.45, 7) is 2.70. The van der Waals surface area contributed by atoms with Gasteiger partial charge in [0.15, 0.2) is 0 Å². The molecule has 5 heteroatoms. The van der Waals surface area contributed by atoms with Crippen molar-refractivity contribution in [3.63, 3.8) is 0 Å². The zero-order chi connectivity index (χ0) is 17.9. The molecule has 2 aliphatic rings. The number of carbonyl (C=O) groups excluding carboxylic acids is 2. The van der Waals surface area contributed by atoms with Crippen LogP contribution in [0.2, 0.25) is 0 Å². The summed E-state index contributed by atoms with van der Waals surface area (Å²) >= 11 is 0. The Balaban J connectivity index is 1.37. The van der Waals surface area contributed by atoms with Crippen molar-refractivity contribution in [2.45, 2.75) is 25.8 Å². The minimum atomic E-state index is 0.000439. The summed E-state index contributed by atoms with van der Waals surface area (Å²) in [5.74, 6) is 0.0766. The lowest BCUT2D eigenvalue weighted by atomic mass is 9.96. The highest BCUT2D eigenvalue weighted by atomic mass is 16.2. The van der Waals surface area contributed by atoms with E-state index >= 15 is 0 Å². The number of benzene rings is 2. The molecular weight excluding hydrogens is 326 g/mol. The Kier molecular flexibility index (Phi) is 4.71. The molecule has 2 amide bonds. The molecule has 4 rings (SSSR count). The van der Waals surface area contributed by atoms with Crippen LogP contribution in [-0.4, -0.2) is 29.8 Å². The van der Waals surface area contributed by atoms with Crippen molar-refractivity contribution in [2.75, 3.05) is 23.7 Å². The minimum absolute atomic E-state index is 0.000439. The van der Waals surface area contributed by atoms with E-state index in [0.717, 1.165) is 49.4 Å². The fourth-order valence-electron chi connectivity index (χ4n) is 3.81. The van der Waals surface area contributed by atoms with Gasteiger partial charge in [0, 0.05) is 24.5 Å². The van der Waals surface area contributed by atoms with Crippen molar-refractivity contribution in [1.82, 2.24) is 4.90 Å². The van der Waals surface area contributed by atoms with Gasteiger partial charge in [0.2, 0.25) is 11.8 Å². The molecule has 134 valence electrons. The van der Waals surface area contributed by atoms with E-state index < -0.39 is 0 Å². The Morgan fingerprint density at radius 2 is 2.04 bits per heavy atom. The lowest BCUT2D eigenvalue weighted by Gasteiger charge is -2.32. The molecule has 1 atom stereocenters. The molecule has 2 N–H and O–H groups in total. The van der Waals surface area contributed by atoms with E-state index in [4.69, 9.17) is 0 Å². The van der Waals surface area contributed by atoms with Crippen molar-refractivity contribution in [3.8, 4) is 0 Å². The van der Waals surface area contributed by atoms with E-state index in [-0.39, 0.29) is 17.7 Å². The van der Waals surface area contributed by atoms with Crippen LogP contribution >= 0.6 is 0 Å². The predicted molar refractivity (Wildman–Crippen MR) is 102 cm³/mol. The van der Waals surface area contributed by atoms with E-state index in [1.54, 1.807) is 0 Å². The standard InChI is InChI=1S/C21H23N3O2/c25-20-12-17-11-18(8-9-19(17)23-20)22-21(26)16-7-4-10-24(14-16)13-15-5-2-1-3-6-15/h1-3,5-6,8-9,11,16H,4,7,10,12-14H2,(H,22,26)(H,23,25). The maximum atomic E-state index is 12.7. The van der Waals surface area contributed by atoms with Crippen LogP contribution in [0.4, 0.5) is 11.4 Å². The van der Waals surface area contributed by atoms with Gasteiger partial charge in [-0.05, 0) is 48.7 Å². The zero-order valence-corrected chi connectivity index (χ0v) is 14.7. The highest BCUT2D eigenvalue weighted by Crippen LogP contribution is 2.27. The topological polar surface area (TPSA) is 61.4 Å². The summed E-state index contributed by atoms with van der Waals surface area (Å²) in [5.41, 5.74) is 3.84. The number of anilines is 2. The zero-order valence-electron chi connectivity index (χ0n) is 14.7. The smallest absolute Gasteiger partial charge is 0.228 e. The average molecular weight is 349 g/mol. The molecular formula is C21H23N3O2. The highest BCUT2D eigenvalue weighted by molar-refractivity contribution is 6.00. The van der Waals surface area contributed by atoms with Gasteiger partial charge in [-0.2, -0.15) is 0 Å². The van der Waals surface area contributed by atoms with Gasteiger partial charge >= 0.3 is 0 Å². The summed E-state index contributed by atoms with van der Waals surface area (Å²) in [4.78, 5) is 26.5. The van der Waals surface area contributed by atoms with E-state index in [2.05, 4.69) is 39.8 Å². The quantitative estimate of drug-likeness (QED) is 0.892. The summed E-state index contributed by atoms with van der Waals surface area (Å²) in [6, 6.07) is 16.0. The lowest BCUT2D eigenvalue weighted by Crippen LogP contribution is -2.40. The first-order valence-electron chi connectivity index (χ1n) is 9.17. The first-order valence-corrected chi connectivity index (χ1v) is 9.17. The monoisotopic (exact) mass is 349 g/mol. The Morgan fingerprint density at radius 1 is 1.19 bits per heavy atom. The molecule has 0 spiro atoms. The van der Waals surface area contributed by atoms with E-state index in [9.17, 15) is 9.59 Å². The number of fused-ring (bicyclic) bond motifs is 1. The van der Waals surface area contributed by atoms with Crippen molar-refractivity contribution in [1.29, 1.82) is 0 Å². The molecule has 0 aromatic heterocycles. The van der Waals surface area contributed by atoms with Gasteiger partial charge in [0.1, 0.15) is 0 Å². The molecule has 1 saturated heterocycles. The number of rotatable bonds is 4. The van der Waals surface area contributed by atoms with Crippen molar-refractivity contribution >= 4 is 23.2 Å². The summed E-state index contributed by atoms with van der Waals surface area (Å²) < 4.78 is 0. The van der Waals surface area contributed by atoms with Gasteiger partial charge in [-0.25, -0.2) is 0 Å². The number of nitrogens with one attached hydrogen (secondary N) is 2. The van der Waals surface area contributed by atoms with Crippen LogP contribution in [-0.2, 0) is 22.6 Å². The van der Waals surface area contributed by atoms with Crippen molar-refractivity contribution < 1.29 is 9.59 Å². The van der Waals surface area contributed by atoms with Gasteiger partial charge in [-0.1, -0.05) is 30.3 Å². The van der Waals surface area contributed by atoms with Crippen molar-refractivity contribution in [2.24, 2.45) is 5.92 Å². The predicted octanol–water partition coefficient (Wildman–Crippen LogP) is 3.03. The first-order chi connectivity index (χ1) is 12.7. The van der Waals surface area contributed by atoms with Crippen LogP contribution in [0.3, 0.4) is 0 Å². The summed E-state index contributed by atoms with van der Waals surface area (Å²) in [6.07, 6.45) is 2.34. The molecule has 2 aromatic rings. The molecule has 2 aliphatic heterocycles. The van der Waals surface area contributed by atoms with Crippen LogP contribution in [0, 0.1) is 5.92 Å². The number of likely N-dealkylation sites (tertiary alicyclic amines) is 1. The summed E-state index contributed by atoms with van der Waals surface area (Å²) in [5, 5.41) is 5.85.